The van der Waals surface area contributed by atoms with E-state index in [-0.39, 0.29) is 18.6 Å². The van der Waals surface area contributed by atoms with Crippen LogP contribution in [0.25, 0.3) is 0 Å². The summed E-state index contributed by atoms with van der Waals surface area (Å²) in [5.41, 5.74) is 0. The van der Waals surface area contributed by atoms with E-state index in [1.807, 2.05) is 0 Å². The molecule has 0 aromatic rings. The SMILES string of the molecule is O=[13C]1[13CH2][13CH2][13C@@H]([13CH2]O)N1. The van der Waals surface area contributed by atoms with Crippen molar-refractivity contribution in [2.24, 2.45) is 0 Å². The maximum Gasteiger partial charge on any atom is 0.220 e. The lowest BCUT2D eigenvalue weighted by molar-refractivity contribution is -0.119. The van der Waals surface area contributed by atoms with E-state index in [1.165, 1.54) is 0 Å². The highest BCUT2D eigenvalue weighted by molar-refractivity contribution is 5.78. The van der Waals surface area contributed by atoms with Gasteiger partial charge in [0.15, 0.2) is 0 Å². The molecule has 46 valence electrons. The summed E-state index contributed by atoms with van der Waals surface area (Å²) in [6.45, 7) is 0.0751. The molecule has 0 radical (unpaired) electrons. The lowest BCUT2D eigenvalue weighted by Crippen LogP contribution is -2.28. The van der Waals surface area contributed by atoms with Crippen LogP contribution in [0.5, 0.6) is 0 Å². The molecule has 0 aromatic carbocycles. The van der Waals surface area contributed by atoms with Crippen molar-refractivity contribution in [1.29, 1.82) is 0 Å². The van der Waals surface area contributed by atoms with Crippen LogP contribution in [0.3, 0.4) is 0 Å². The second kappa shape index (κ2) is 2.13. The first-order valence-corrected chi connectivity index (χ1v) is 2.73. The molecule has 3 nitrogen and oxygen atoms in total. The van der Waals surface area contributed by atoms with Gasteiger partial charge in [-0.2, -0.15) is 0 Å². The molecule has 1 saturated heterocycles. The van der Waals surface area contributed by atoms with E-state index >= 15 is 0 Å². The van der Waals surface area contributed by atoms with E-state index < -0.39 is 0 Å². The van der Waals surface area contributed by atoms with Crippen LogP contribution in [0.15, 0.2) is 0 Å². The summed E-state index contributed by atoms with van der Waals surface area (Å²) >= 11 is 0. The first-order valence-electron chi connectivity index (χ1n) is 2.73. The minimum atomic E-state index is 0.0301. The van der Waals surface area contributed by atoms with Crippen LogP contribution >= 0.6 is 0 Å². The maximum absolute atomic E-state index is 10.4. The third-order valence-electron chi connectivity index (χ3n) is 1.31. The first-order chi connectivity index (χ1) is 3.83. The molecular formula is C5H9NO2. The summed E-state index contributed by atoms with van der Waals surface area (Å²) in [6.07, 6.45) is 1.36. The summed E-state index contributed by atoms with van der Waals surface area (Å²) in [6, 6.07) is 0.0301. The van der Waals surface area contributed by atoms with Gasteiger partial charge in [-0.25, -0.2) is 0 Å². The van der Waals surface area contributed by atoms with Crippen LogP contribution < -0.4 is 5.32 Å². The van der Waals surface area contributed by atoms with Gasteiger partial charge in [0.2, 0.25) is 5.91 Å². The average molecular weight is 120 g/mol. The quantitative estimate of drug-likeness (QED) is 0.447. The zero-order valence-electron chi connectivity index (χ0n) is 4.55. The van der Waals surface area contributed by atoms with Crippen LogP contribution in [-0.4, -0.2) is 23.7 Å². The van der Waals surface area contributed by atoms with Crippen molar-refractivity contribution in [2.75, 3.05) is 6.61 Å². The van der Waals surface area contributed by atoms with Gasteiger partial charge in [-0.05, 0) is 6.42 Å². The van der Waals surface area contributed by atoms with Gasteiger partial charge >= 0.3 is 0 Å². The monoisotopic (exact) mass is 120 g/mol. The van der Waals surface area contributed by atoms with Gasteiger partial charge in [-0.3, -0.25) is 4.79 Å². The fraction of sp³-hybridized carbons (Fsp3) is 0.800. The van der Waals surface area contributed by atoms with Crippen LogP contribution in [-0.2, 0) is 4.79 Å². The second-order valence-electron chi connectivity index (χ2n) is 1.99. The third-order valence-corrected chi connectivity index (χ3v) is 1.31. The molecule has 1 fully saturated rings. The predicted octanol–water partition coefficient (Wildman–Crippen LogP) is -0.743. The molecule has 1 rings (SSSR count). The molecule has 0 spiro atoms. The van der Waals surface area contributed by atoms with Gasteiger partial charge in [0, 0.05) is 6.42 Å². The number of carbonyl (C=O) groups excluding carboxylic acids is 1. The number of carbonyl (C=O) groups is 1. The summed E-state index contributed by atoms with van der Waals surface area (Å²) in [4.78, 5) is 10.4. The van der Waals surface area contributed by atoms with Gasteiger partial charge in [0.05, 0.1) is 12.6 Å². The number of rotatable bonds is 1. The van der Waals surface area contributed by atoms with E-state index in [0.29, 0.717) is 6.42 Å². The standard InChI is InChI=1S/C5H9NO2/c7-3-4-1-2-5(8)6-4/h4,7H,1-3H2,(H,6,8)/t4-/m0/s1/i1+1,2+1,3+1,4+1,5+1. The van der Waals surface area contributed by atoms with Crippen LogP contribution in [0.2, 0.25) is 0 Å². The highest BCUT2D eigenvalue weighted by Gasteiger charge is 2.18. The maximum atomic E-state index is 10.4. The lowest BCUT2D eigenvalue weighted by atomic mass is 11.2. The molecule has 2 N–H and O–H groups in total. The lowest BCUT2D eigenvalue weighted by Gasteiger charge is -2.01. The molecule has 8 heavy (non-hydrogen) atoms. The number of aliphatic hydroxyl groups excluding tert-OH is 1. The van der Waals surface area contributed by atoms with E-state index in [2.05, 4.69) is 5.32 Å². The van der Waals surface area contributed by atoms with Crippen molar-refractivity contribution in [2.45, 2.75) is 18.9 Å². The van der Waals surface area contributed by atoms with Gasteiger partial charge in [-0.1, -0.05) is 0 Å². The second-order valence-corrected chi connectivity index (χ2v) is 1.99. The van der Waals surface area contributed by atoms with E-state index in [1.54, 1.807) is 0 Å². The van der Waals surface area contributed by atoms with Crippen LogP contribution in [0.4, 0.5) is 0 Å². The summed E-state index contributed by atoms with van der Waals surface area (Å²) in [5, 5.41) is 11.1. The molecule has 0 bridgehead atoms. The van der Waals surface area contributed by atoms with Crippen LogP contribution in [0.1, 0.15) is 12.8 Å². The molecular weight excluding hydrogens is 111 g/mol. The minimum Gasteiger partial charge on any atom is -0.394 e. The third kappa shape index (κ3) is 0.980. The van der Waals surface area contributed by atoms with Crippen molar-refractivity contribution in [3.8, 4) is 0 Å². The Hall–Kier alpha value is -0.570. The van der Waals surface area contributed by atoms with Crippen molar-refractivity contribution >= 4 is 5.91 Å². The Morgan fingerprint density at radius 1 is 1.88 bits per heavy atom. The normalized spacial score (nSPS) is 28.1. The van der Waals surface area contributed by atoms with Gasteiger partial charge in [-0.15, -0.1) is 0 Å². The van der Waals surface area contributed by atoms with Crippen molar-refractivity contribution in [1.82, 2.24) is 5.32 Å². The molecule has 0 aromatic heterocycles. The zero-order valence-corrected chi connectivity index (χ0v) is 4.55. The largest absolute Gasteiger partial charge is 0.394 e. The van der Waals surface area contributed by atoms with Crippen LogP contribution in [0, 0.1) is 0 Å². The summed E-state index contributed by atoms with van der Waals surface area (Å²) < 4.78 is 0. The Morgan fingerprint density at radius 2 is 2.62 bits per heavy atom. The Bertz CT molecular complexity index is 103. The first kappa shape index (κ1) is 5.56. The number of amides is 1. The van der Waals surface area contributed by atoms with E-state index in [4.69, 9.17) is 5.11 Å². The molecule has 1 aliphatic rings. The molecule has 0 aliphatic carbocycles. The Labute approximate surface area is 47.7 Å². The van der Waals surface area contributed by atoms with Crippen molar-refractivity contribution < 1.29 is 9.90 Å². The Kier molecular flexibility index (Phi) is 1.48. The predicted molar refractivity (Wildman–Crippen MR) is 28.3 cm³/mol. The molecule has 1 aliphatic heterocycles. The molecule has 1 atom stereocenters. The molecule has 1 heterocycles. The van der Waals surface area contributed by atoms with Crippen molar-refractivity contribution in [3.05, 3.63) is 0 Å². The average Bonchev–Trinajstić information content (AvgIpc) is 2.14. The highest BCUT2D eigenvalue weighted by atomic mass is 16.3. The number of nitrogens with one attached hydrogen (secondary N) is 1. The highest BCUT2D eigenvalue weighted by Crippen LogP contribution is 2.04. The molecule has 3 heteroatoms. The van der Waals surface area contributed by atoms with Gasteiger partial charge in [0.1, 0.15) is 0 Å². The molecule has 1 amide bonds. The van der Waals surface area contributed by atoms with E-state index in [0.717, 1.165) is 6.42 Å². The molecule has 0 unspecified atom stereocenters. The smallest absolute Gasteiger partial charge is 0.220 e. The minimum absolute atomic E-state index is 0.0301. The Morgan fingerprint density at radius 3 is 2.88 bits per heavy atom. The fourth-order valence-electron chi connectivity index (χ4n) is 0.814. The topological polar surface area (TPSA) is 49.3 Å². The molecule has 0 saturated carbocycles. The number of aliphatic hydroxyl groups is 1. The fourth-order valence-corrected chi connectivity index (χ4v) is 0.814. The zero-order chi connectivity index (χ0) is 5.98. The van der Waals surface area contributed by atoms with Gasteiger partial charge in [0.25, 0.3) is 0 Å². The Balaban J connectivity index is 2.32. The summed E-state index contributed by atoms with van der Waals surface area (Å²) in [5.74, 6) is 0.0593. The van der Waals surface area contributed by atoms with E-state index in [9.17, 15) is 4.79 Å². The van der Waals surface area contributed by atoms with Gasteiger partial charge < -0.3 is 10.4 Å². The number of hydrogen-bond donors (Lipinski definition) is 2. The number of hydrogen-bond acceptors (Lipinski definition) is 2. The van der Waals surface area contributed by atoms with Crippen molar-refractivity contribution in [3.63, 3.8) is 0 Å². The summed E-state index contributed by atoms with van der Waals surface area (Å²) in [7, 11) is 0.